The summed E-state index contributed by atoms with van der Waals surface area (Å²) in [4.78, 5) is 15.4. The van der Waals surface area contributed by atoms with E-state index in [0.29, 0.717) is 17.5 Å². The van der Waals surface area contributed by atoms with E-state index >= 15 is 0 Å². The van der Waals surface area contributed by atoms with Gasteiger partial charge in [-0.1, -0.05) is 152 Å². The summed E-state index contributed by atoms with van der Waals surface area (Å²) in [6, 6.07) is 66.8. The number of aromatic nitrogens is 3. The first-order valence-electron chi connectivity index (χ1n) is 18.7. The Balaban J connectivity index is 1.08. The SMILES string of the molecule is c1ccc(-c2cccc(-c3nc(-c4ccccc4)nc(-c4cccc5c4sc4cc(-c6cc(-c7ccccc7)cc7c6sc6ccccc67)ccc45)n3)c2)cc1. The van der Waals surface area contributed by atoms with E-state index in [4.69, 9.17) is 15.0 Å². The molecule has 0 atom stereocenters. The lowest BCUT2D eigenvalue weighted by atomic mass is 9.95. The van der Waals surface area contributed by atoms with E-state index in [1.54, 1.807) is 0 Å². The van der Waals surface area contributed by atoms with Crippen LogP contribution in [0.5, 0.6) is 0 Å². The Bertz CT molecular complexity index is 3240. The van der Waals surface area contributed by atoms with Crippen LogP contribution in [0.2, 0.25) is 0 Å². The minimum absolute atomic E-state index is 0.651. The van der Waals surface area contributed by atoms with E-state index in [0.717, 1.165) is 27.8 Å². The molecule has 0 saturated carbocycles. The first kappa shape index (κ1) is 32.6. The second-order valence-electron chi connectivity index (χ2n) is 14.0. The monoisotopic (exact) mass is 749 g/mol. The van der Waals surface area contributed by atoms with Gasteiger partial charge in [0.05, 0.1) is 0 Å². The summed E-state index contributed by atoms with van der Waals surface area (Å²) in [5.74, 6) is 1.97. The number of thiophene rings is 2. The molecule has 0 amide bonds. The van der Waals surface area contributed by atoms with Crippen LogP contribution >= 0.6 is 22.7 Å². The molecule has 0 radical (unpaired) electrons. The average molecular weight is 750 g/mol. The zero-order chi connectivity index (χ0) is 37.0. The maximum atomic E-state index is 5.20. The number of fused-ring (bicyclic) bond motifs is 6. The molecule has 11 rings (SSSR count). The number of rotatable bonds is 6. The lowest BCUT2D eigenvalue weighted by Crippen LogP contribution is -2.00. The predicted molar refractivity (Wildman–Crippen MR) is 238 cm³/mol. The van der Waals surface area contributed by atoms with Crippen molar-refractivity contribution in [3.05, 3.63) is 188 Å². The van der Waals surface area contributed by atoms with E-state index in [9.17, 15) is 0 Å². The van der Waals surface area contributed by atoms with Crippen LogP contribution in [0.15, 0.2) is 188 Å². The quantitative estimate of drug-likeness (QED) is 0.170. The average Bonchev–Trinajstić information content (AvgIpc) is 3.85. The zero-order valence-electron chi connectivity index (χ0n) is 30.1. The van der Waals surface area contributed by atoms with Crippen LogP contribution in [0.25, 0.3) is 108 Å². The Morgan fingerprint density at radius 3 is 1.61 bits per heavy atom. The van der Waals surface area contributed by atoms with Gasteiger partial charge in [-0.3, -0.25) is 0 Å². The fourth-order valence-corrected chi connectivity index (χ4v) is 10.3. The van der Waals surface area contributed by atoms with E-state index in [2.05, 4.69) is 164 Å². The standard InChI is InChI=1S/C51H31N3S2/c1-4-14-32(15-5-1)35-20-12-21-37(28-35)50-52-49(34-18-8-3-9-19-34)53-51(54-50)42-24-13-23-41-40-27-26-36(31-46(40)56-47(41)42)43-29-38(33-16-6-2-7-17-33)30-44-39-22-10-11-25-45(39)55-48(43)44/h1-31H. The fourth-order valence-electron chi connectivity index (χ4n) is 7.79. The van der Waals surface area contributed by atoms with Crippen molar-refractivity contribution in [3.63, 3.8) is 0 Å². The van der Waals surface area contributed by atoms with E-state index in [1.165, 1.54) is 62.6 Å². The van der Waals surface area contributed by atoms with Gasteiger partial charge < -0.3 is 0 Å². The van der Waals surface area contributed by atoms with Crippen molar-refractivity contribution in [1.82, 2.24) is 15.0 Å². The largest absolute Gasteiger partial charge is 0.208 e. The van der Waals surface area contributed by atoms with Gasteiger partial charge in [-0.2, -0.15) is 0 Å². The van der Waals surface area contributed by atoms with Gasteiger partial charge in [0.2, 0.25) is 0 Å². The molecule has 3 nitrogen and oxygen atoms in total. The molecule has 0 saturated heterocycles. The molecular weight excluding hydrogens is 719 g/mol. The topological polar surface area (TPSA) is 38.7 Å². The van der Waals surface area contributed by atoms with Gasteiger partial charge in [-0.25, -0.2) is 15.0 Å². The van der Waals surface area contributed by atoms with Crippen LogP contribution < -0.4 is 0 Å². The highest BCUT2D eigenvalue weighted by atomic mass is 32.1. The number of hydrogen-bond donors (Lipinski definition) is 0. The number of benzene rings is 8. The van der Waals surface area contributed by atoms with Crippen molar-refractivity contribution in [1.29, 1.82) is 0 Å². The molecule has 0 bridgehead atoms. The summed E-state index contributed by atoms with van der Waals surface area (Å²) in [6.45, 7) is 0. The molecule has 0 N–H and O–H groups in total. The third kappa shape index (κ3) is 5.68. The molecule has 5 heteroatoms. The van der Waals surface area contributed by atoms with Crippen LogP contribution in [0.1, 0.15) is 0 Å². The number of hydrogen-bond acceptors (Lipinski definition) is 5. The molecule has 56 heavy (non-hydrogen) atoms. The van der Waals surface area contributed by atoms with Gasteiger partial charge in [-0.15, -0.1) is 22.7 Å². The molecule has 262 valence electrons. The first-order valence-corrected chi connectivity index (χ1v) is 20.3. The molecule has 0 unspecified atom stereocenters. The van der Waals surface area contributed by atoms with Crippen molar-refractivity contribution in [3.8, 4) is 67.5 Å². The van der Waals surface area contributed by atoms with Crippen molar-refractivity contribution < 1.29 is 0 Å². The Morgan fingerprint density at radius 2 is 0.821 bits per heavy atom. The van der Waals surface area contributed by atoms with Gasteiger partial charge in [0.1, 0.15) is 0 Å². The lowest BCUT2D eigenvalue weighted by Gasteiger charge is -2.10. The molecule has 0 aliphatic heterocycles. The molecule has 0 fully saturated rings. The second-order valence-corrected chi connectivity index (χ2v) is 16.1. The lowest BCUT2D eigenvalue weighted by molar-refractivity contribution is 1.08. The maximum Gasteiger partial charge on any atom is 0.165 e. The van der Waals surface area contributed by atoms with Crippen molar-refractivity contribution in [2.24, 2.45) is 0 Å². The smallest absolute Gasteiger partial charge is 0.165 e. The fraction of sp³-hybridized carbons (Fsp3) is 0. The summed E-state index contributed by atoms with van der Waals surface area (Å²) >= 11 is 3.69. The van der Waals surface area contributed by atoms with E-state index in [-0.39, 0.29) is 0 Å². The molecular formula is C51H31N3S2. The van der Waals surface area contributed by atoms with Gasteiger partial charge in [0.15, 0.2) is 17.5 Å². The minimum atomic E-state index is 0.651. The summed E-state index contributed by atoms with van der Waals surface area (Å²) in [6.07, 6.45) is 0. The van der Waals surface area contributed by atoms with Crippen LogP contribution in [0, 0.1) is 0 Å². The van der Waals surface area contributed by atoms with Gasteiger partial charge >= 0.3 is 0 Å². The van der Waals surface area contributed by atoms with Crippen LogP contribution in [0.4, 0.5) is 0 Å². The highest BCUT2D eigenvalue weighted by Gasteiger charge is 2.19. The minimum Gasteiger partial charge on any atom is -0.208 e. The van der Waals surface area contributed by atoms with Crippen LogP contribution in [0.3, 0.4) is 0 Å². The summed E-state index contributed by atoms with van der Waals surface area (Å²) in [5.41, 5.74) is 10.1. The Hall–Kier alpha value is -6.79. The van der Waals surface area contributed by atoms with Gasteiger partial charge in [0.25, 0.3) is 0 Å². The van der Waals surface area contributed by atoms with Crippen molar-refractivity contribution in [2.45, 2.75) is 0 Å². The van der Waals surface area contributed by atoms with Crippen LogP contribution in [-0.2, 0) is 0 Å². The summed E-state index contributed by atoms with van der Waals surface area (Å²) in [5, 5.41) is 5.04. The zero-order valence-corrected chi connectivity index (χ0v) is 31.7. The molecule has 11 aromatic rings. The molecule has 0 spiro atoms. The van der Waals surface area contributed by atoms with Crippen molar-refractivity contribution >= 4 is 63.0 Å². The van der Waals surface area contributed by atoms with E-state index < -0.39 is 0 Å². The summed E-state index contributed by atoms with van der Waals surface area (Å²) in [7, 11) is 0. The molecule has 3 heterocycles. The highest BCUT2D eigenvalue weighted by Crippen LogP contribution is 2.45. The Kier molecular flexibility index (Phi) is 7.87. The Morgan fingerprint density at radius 1 is 0.268 bits per heavy atom. The highest BCUT2D eigenvalue weighted by molar-refractivity contribution is 7.27. The second kappa shape index (κ2) is 13.5. The van der Waals surface area contributed by atoms with Crippen molar-refractivity contribution in [2.75, 3.05) is 0 Å². The van der Waals surface area contributed by atoms with Gasteiger partial charge in [0, 0.05) is 62.6 Å². The normalized spacial score (nSPS) is 11.6. The molecule has 8 aromatic carbocycles. The third-order valence-electron chi connectivity index (χ3n) is 10.5. The Labute approximate surface area is 331 Å². The van der Waals surface area contributed by atoms with Gasteiger partial charge in [-0.05, 0) is 64.2 Å². The van der Waals surface area contributed by atoms with E-state index in [1.807, 2.05) is 46.9 Å². The first-order chi connectivity index (χ1) is 27.7. The molecule has 3 aromatic heterocycles. The summed E-state index contributed by atoms with van der Waals surface area (Å²) < 4.78 is 5.02. The molecule has 0 aliphatic carbocycles. The number of nitrogens with zero attached hydrogens (tertiary/aromatic N) is 3. The predicted octanol–water partition coefficient (Wildman–Crippen LogP) is 14.6. The third-order valence-corrected chi connectivity index (χ3v) is 13.0. The molecule has 0 aliphatic rings. The maximum absolute atomic E-state index is 5.20. The van der Waals surface area contributed by atoms with Crippen LogP contribution in [-0.4, -0.2) is 15.0 Å².